The Labute approximate surface area is 98.9 Å². The Morgan fingerprint density at radius 3 is 3.00 bits per heavy atom. The van der Waals surface area contributed by atoms with Gasteiger partial charge in [-0.15, -0.1) is 11.3 Å². The van der Waals surface area contributed by atoms with E-state index in [1.807, 2.05) is 6.07 Å². The lowest BCUT2D eigenvalue weighted by Crippen LogP contribution is -2.31. The smallest absolute Gasteiger partial charge is 0.153 e. The normalized spacial score (nSPS) is 18.4. The molecule has 0 aliphatic carbocycles. The van der Waals surface area contributed by atoms with Crippen molar-refractivity contribution in [2.24, 2.45) is 0 Å². The van der Waals surface area contributed by atoms with Gasteiger partial charge in [0, 0.05) is 17.2 Å². The van der Waals surface area contributed by atoms with Crippen LogP contribution in [0.2, 0.25) is 0 Å². The second kappa shape index (κ2) is 4.18. The van der Waals surface area contributed by atoms with Crippen molar-refractivity contribution >= 4 is 17.0 Å². The number of benzene rings is 1. The zero-order chi connectivity index (χ0) is 10.8. The lowest BCUT2D eigenvalue weighted by molar-refractivity contribution is 0.207. The third kappa shape index (κ3) is 1.91. The molecule has 1 atom stereocenters. The SMILES string of the molecule is c1ccc(CC2CNc3cscc3O2)cc1. The van der Waals surface area contributed by atoms with Gasteiger partial charge in [-0.05, 0) is 5.56 Å². The number of thiophene rings is 1. The van der Waals surface area contributed by atoms with E-state index in [4.69, 9.17) is 4.74 Å². The van der Waals surface area contributed by atoms with Crippen LogP contribution in [0.1, 0.15) is 5.56 Å². The molecule has 1 aromatic carbocycles. The first kappa shape index (κ1) is 9.73. The molecule has 0 bridgehead atoms. The maximum atomic E-state index is 5.92. The van der Waals surface area contributed by atoms with E-state index >= 15 is 0 Å². The van der Waals surface area contributed by atoms with Crippen LogP contribution in [0.15, 0.2) is 41.1 Å². The fourth-order valence-electron chi connectivity index (χ4n) is 1.94. The van der Waals surface area contributed by atoms with E-state index in [-0.39, 0.29) is 6.10 Å². The Balaban J connectivity index is 1.71. The van der Waals surface area contributed by atoms with Crippen LogP contribution in [0.25, 0.3) is 0 Å². The van der Waals surface area contributed by atoms with Gasteiger partial charge in [-0.3, -0.25) is 0 Å². The highest BCUT2D eigenvalue weighted by Gasteiger charge is 2.19. The molecule has 3 rings (SSSR count). The largest absolute Gasteiger partial charge is 0.485 e. The summed E-state index contributed by atoms with van der Waals surface area (Å²) in [6, 6.07) is 10.5. The third-order valence-electron chi connectivity index (χ3n) is 2.75. The number of rotatable bonds is 2. The lowest BCUT2D eigenvalue weighted by atomic mass is 10.1. The summed E-state index contributed by atoms with van der Waals surface area (Å²) in [5, 5.41) is 7.54. The van der Waals surface area contributed by atoms with Crippen molar-refractivity contribution in [1.29, 1.82) is 0 Å². The summed E-state index contributed by atoms with van der Waals surface area (Å²) in [5.74, 6) is 0.997. The number of anilines is 1. The van der Waals surface area contributed by atoms with Gasteiger partial charge in [0.05, 0.1) is 12.2 Å². The zero-order valence-corrected chi connectivity index (χ0v) is 9.67. The van der Waals surface area contributed by atoms with E-state index in [1.54, 1.807) is 11.3 Å². The van der Waals surface area contributed by atoms with Gasteiger partial charge in [0.2, 0.25) is 0 Å². The summed E-state index contributed by atoms with van der Waals surface area (Å²) < 4.78 is 5.92. The average molecular weight is 231 g/mol. The van der Waals surface area contributed by atoms with Gasteiger partial charge < -0.3 is 10.1 Å². The van der Waals surface area contributed by atoms with E-state index < -0.39 is 0 Å². The predicted molar refractivity (Wildman–Crippen MR) is 67.4 cm³/mol. The Hall–Kier alpha value is -1.48. The minimum Gasteiger partial charge on any atom is -0.485 e. The zero-order valence-electron chi connectivity index (χ0n) is 8.85. The highest BCUT2D eigenvalue weighted by molar-refractivity contribution is 7.08. The molecular weight excluding hydrogens is 218 g/mol. The van der Waals surface area contributed by atoms with Gasteiger partial charge in [0.15, 0.2) is 5.75 Å². The topological polar surface area (TPSA) is 21.3 Å². The molecule has 0 saturated carbocycles. The van der Waals surface area contributed by atoms with Gasteiger partial charge in [0.25, 0.3) is 0 Å². The monoisotopic (exact) mass is 231 g/mol. The molecule has 1 N–H and O–H groups in total. The first-order chi connectivity index (χ1) is 7.92. The third-order valence-corrected chi connectivity index (χ3v) is 3.47. The molecule has 3 heteroatoms. The molecule has 2 aromatic rings. The van der Waals surface area contributed by atoms with E-state index in [1.165, 1.54) is 5.56 Å². The summed E-state index contributed by atoms with van der Waals surface area (Å²) in [4.78, 5) is 0. The molecular formula is C13H13NOS. The van der Waals surface area contributed by atoms with Crippen LogP contribution in [0.4, 0.5) is 5.69 Å². The van der Waals surface area contributed by atoms with Crippen LogP contribution < -0.4 is 10.1 Å². The second-order valence-corrected chi connectivity index (χ2v) is 4.70. The fourth-order valence-corrected chi connectivity index (χ4v) is 2.65. The van der Waals surface area contributed by atoms with Crippen LogP contribution in [-0.4, -0.2) is 12.6 Å². The highest BCUT2D eigenvalue weighted by Crippen LogP contribution is 2.33. The van der Waals surface area contributed by atoms with Crippen LogP contribution >= 0.6 is 11.3 Å². The van der Waals surface area contributed by atoms with E-state index in [9.17, 15) is 0 Å². The molecule has 1 aliphatic heterocycles. The summed E-state index contributed by atoms with van der Waals surface area (Å²) in [5.41, 5.74) is 2.46. The molecule has 82 valence electrons. The van der Waals surface area contributed by atoms with Crippen molar-refractivity contribution in [2.75, 3.05) is 11.9 Å². The van der Waals surface area contributed by atoms with Gasteiger partial charge in [-0.1, -0.05) is 30.3 Å². The quantitative estimate of drug-likeness (QED) is 0.857. The minimum atomic E-state index is 0.240. The number of nitrogens with one attached hydrogen (secondary N) is 1. The van der Waals surface area contributed by atoms with Crippen LogP contribution in [0.3, 0.4) is 0 Å². The summed E-state index contributed by atoms with van der Waals surface area (Å²) in [7, 11) is 0. The van der Waals surface area contributed by atoms with Gasteiger partial charge in [-0.2, -0.15) is 0 Å². The molecule has 1 aliphatic rings. The number of ether oxygens (including phenoxy) is 1. The van der Waals surface area contributed by atoms with Crippen LogP contribution in [0.5, 0.6) is 5.75 Å². The van der Waals surface area contributed by atoms with Crippen molar-refractivity contribution < 1.29 is 4.74 Å². The van der Waals surface area contributed by atoms with Crippen molar-refractivity contribution in [3.8, 4) is 5.75 Å². The fraction of sp³-hybridized carbons (Fsp3) is 0.231. The van der Waals surface area contributed by atoms with Crippen LogP contribution in [0, 0.1) is 0 Å². The Morgan fingerprint density at radius 1 is 1.25 bits per heavy atom. The Morgan fingerprint density at radius 2 is 2.12 bits per heavy atom. The number of fused-ring (bicyclic) bond motifs is 1. The summed E-state index contributed by atoms with van der Waals surface area (Å²) >= 11 is 1.68. The maximum absolute atomic E-state index is 5.92. The maximum Gasteiger partial charge on any atom is 0.153 e. The van der Waals surface area contributed by atoms with Gasteiger partial charge >= 0.3 is 0 Å². The number of hydrogen-bond acceptors (Lipinski definition) is 3. The lowest BCUT2D eigenvalue weighted by Gasteiger charge is -2.25. The molecule has 0 amide bonds. The number of hydrogen-bond donors (Lipinski definition) is 1. The van der Waals surface area contributed by atoms with Crippen molar-refractivity contribution in [1.82, 2.24) is 0 Å². The molecule has 2 nitrogen and oxygen atoms in total. The van der Waals surface area contributed by atoms with E-state index in [0.29, 0.717) is 0 Å². The van der Waals surface area contributed by atoms with Gasteiger partial charge in [0.1, 0.15) is 6.10 Å². The predicted octanol–water partition coefficient (Wildman–Crippen LogP) is 3.16. The molecule has 16 heavy (non-hydrogen) atoms. The summed E-state index contributed by atoms with van der Waals surface area (Å²) in [6.07, 6.45) is 1.20. The molecule has 1 unspecified atom stereocenters. The first-order valence-electron chi connectivity index (χ1n) is 5.42. The molecule has 2 heterocycles. The molecule has 0 radical (unpaired) electrons. The molecule has 0 saturated heterocycles. The van der Waals surface area contributed by atoms with Crippen molar-refractivity contribution in [3.05, 3.63) is 46.7 Å². The molecule has 1 aromatic heterocycles. The van der Waals surface area contributed by atoms with Crippen LogP contribution in [-0.2, 0) is 6.42 Å². The van der Waals surface area contributed by atoms with E-state index in [2.05, 4.69) is 40.3 Å². The second-order valence-electron chi connectivity index (χ2n) is 3.96. The summed E-state index contributed by atoms with van der Waals surface area (Å²) in [6.45, 7) is 0.888. The van der Waals surface area contributed by atoms with Crippen molar-refractivity contribution in [2.45, 2.75) is 12.5 Å². The Kier molecular flexibility index (Phi) is 2.54. The minimum absolute atomic E-state index is 0.240. The average Bonchev–Trinajstić information content (AvgIpc) is 2.77. The van der Waals surface area contributed by atoms with Crippen molar-refractivity contribution in [3.63, 3.8) is 0 Å². The van der Waals surface area contributed by atoms with Gasteiger partial charge in [-0.25, -0.2) is 0 Å². The Bertz CT molecular complexity index is 466. The first-order valence-corrected chi connectivity index (χ1v) is 6.37. The molecule has 0 fully saturated rings. The molecule has 0 spiro atoms. The standard InChI is InChI=1S/C13H13NOS/c1-2-4-10(5-3-1)6-11-7-14-12-8-16-9-13(12)15-11/h1-5,8-9,11,14H,6-7H2. The van der Waals surface area contributed by atoms with E-state index in [0.717, 1.165) is 24.4 Å². The highest BCUT2D eigenvalue weighted by atomic mass is 32.1.